The van der Waals surface area contributed by atoms with Crippen molar-refractivity contribution in [1.29, 1.82) is 0 Å². The van der Waals surface area contributed by atoms with Crippen LogP contribution >= 0.6 is 0 Å². The molecule has 0 spiro atoms. The summed E-state index contributed by atoms with van der Waals surface area (Å²) in [5.74, 6) is -0.499. The number of nitrogens with one attached hydrogen (secondary N) is 1. The third kappa shape index (κ3) is 6.11. The highest BCUT2D eigenvalue weighted by Gasteiger charge is 2.15. The van der Waals surface area contributed by atoms with Crippen LogP contribution in [0.1, 0.15) is 23.2 Å². The Morgan fingerprint density at radius 3 is 2.74 bits per heavy atom. The van der Waals surface area contributed by atoms with Gasteiger partial charge in [-0.25, -0.2) is 0 Å². The van der Waals surface area contributed by atoms with E-state index in [1.807, 2.05) is 0 Å². The minimum atomic E-state index is -2.95. The number of para-hydroxylation sites is 1. The van der Waals surface area contributed by atoms with E-state index in [0.29, 0.717) is 6.54 Å². The number of hydrogen-bond acceptors (Lipinski definition) is 4. The number of carbonyl (C=O) groups excluding carboxylic acids is 1. The van der Waals surface area contributed by atoms with E-state index in [-0.39, 0.29) is 11.3 Å². The van der Waals surface area contributed by atoms with Crippen molar-refractivity contribution in [2.75, 3.05) is 39.4 Å². The molecular formula is C16H22F2N2O3. The van der Waals surface area contributed by atoms with Crippen LogP contribution in [0.2, 0.25) is 0 Å². The summed E-state index contributed by atoms with van der Waals surface area (Å²) >= 11 is 0. The van der Waals surface area contributed by atoms with E-state index in [0.717, 1.165) is 45.7 Å². The molecule has 0 radical (unpaired) electrons. The van der Waals surface area contributed by atoms with Gasteiger partial charge in [0.15, 0.2) is 0 Å². The normalized spacial score (nSPS) is 15.6. The van der Waals surface area contributed by atoms with Gasteiger partial charge in [-0.3, -0.25) is 9.69 Å². The predicted molar refractivity (Wildman–Crippen MR) is 81.9 cm³/mol. The quantitative estimate of drug-likeness (QED) is 0.743. The van der Waals surface area contributed by atoms with Gasteiger partial charge in [0.25, 0.3) is 5.91 Å². The summed E-state index contributed by atoms with van der Waals surface area (Å²) < 4.78 is 34.3. The van der Waals surface area contributed by atoms with Gasteiger partial charge < -0.3 is 14.8 Å². The molecule has 0 aliphatic carbocycles. The fourth-order valence-electron chi connectivity index (χ4n) is 2.44. The number of benzene rings is 1. The first-order chi connectivity index (χ1) is 11.2. The fourth-order valence-corrected chi connectivity index (χ4v) is 2.44. The Balaban J connectivity index is 1.70. The van der Waals surface area contributed by atoms with Crippen molar-refractivity contribution in [2.24, 2.45) is 0 Å². The molecule has 5 nitrogen and oxygen atoms in total. The molecule has 1 aromatic carbocycles. The summed E-state index contributed by atoms with van der Waals surface area (Å²) in [5, 5.41) is 2.74. The van der Waals surface area contributed by atoms with E-state index in [4.69, 9.17) is 4.74 Å². The standard InChI is InChI=1S/C16H22F2N2O3/c17-16(18)23-14-6-2-1-5-13(14)15(21)19-7-3-4-8-20-9-11-22-12-10-20/h1-2,5-6,16H,3-4,7-12H2,(H,19,21). The summed E-state index contributed by atoms with van der Waals surface area (Å²) in [4.78, 5) is 14.4. The number of halogens is 2. The van der Waals surface area contributed by atoms with Gasteiger partial charge in [-0.2, -0.15) is 8.78 Å². The van der Waals surface area contributed by atoms with Crippen LogP contribution in [0.3, 0.4) is 0 Å². The first kappa shape index (κ1) is 17.6. The van der Waals surface area contributed by atoms with Gasteiger partial charge in [0.2, 0.25) is 0 Å². The lowest BCUT2D eigenvalue weighted by Gasteiger charge is -2.26. The smallest absolute Gasteiger partial charge is 0.387 e. The summed E-state index contributed by atoms with van der Waals surface area (Å²) in [6.07, 6.45) is 1.80. The van der Waals surface area contributed by atoms with E-state index in [1.54, 1.807) is 12.1 Å². The van der Waals surface area contributed by atoms with Gasteiger partial charge in [-0.1, -0.05) is 12.1 Å². The number of hydrogen-bond donors (Lipinski definition) is 1. The zero-order valence-corrected chi connectivity index (χ0v) is 13.0. The average Bonchev–Trinajstić information content (AvgIpc) is 2.55. The summed E-state index contributed by atoms with van der Waals surface area (Å²) in [6.45, 7) is 1.98. The minimum absolute atomic E-state index is 0.103. The number of rotatable bonds is 8. The number of nitrogens with zero attached hydrogens (tertiary/aromatic N) is 1. The van der Waals surface area contributed by atoms with E-state index < -0.39 is 12.5 Å². The Bertz CT molecular complexity index is 494. The highest BCUT2D eigenvalue weighted by Crippen LogP contribution is 2.20. The van der Waals surface area contributed by atoms with Crippen LogP contribution in [0.15, 0.2) is 24.3 Å². The zero-order chi connectivity index (χ0) is 16.5. The number of carbonyl (C=O) groups is 1. The molecule has 1 heterocycles. The van der Waals surface area contributed by atoms with Crippen LogP contribution in [-0.2, 0) is 4.74 Å². The molecule has 1 aliphatic rings. The highest BCUT2D eigenvalue weighted by atomic mass is 19.3. The molecule has 0 bridgehead atoms. The second kappa shape index (κ2) is 9.42. The van der Waals surface area contributed by atoms with Gasteiger partial charge in [0.1, 0.15) is 5.75 Å². The maximum Gasteiger partial charge on any atom is 0.387 e. The molecule has 2 rings (SSSR count). The largest absolute Gasteiger partial charge is 0.434 e. The van der Waals surface area contributed by atoms with Gasteiger partial charge in [0, 0.05) is 19.6 Å². The van der Waals surface area contributed by atoms with Crippen LogP contribution in [0, 0.1) is 0 Å². The molecule has 1 aliphatic heterocycles. The van der Waals surface area contributed by atoms with Crippen molar-refractivity contribution in [3.8, 4) is 5.75 Å². The zero-order valence-electron chi connectivity index (χ0n) is 13.0. The average molecular weight is 328 g/mol. The third-order valence-electron chi connectivity index (χ3n) is 3.64. The minimum Gasteiger partial charge on any atom is -0.434 e. The molecule has 1 saturated heterocycles. The van der Waals surface area contributed by atoms with Crippen molar-refractivity contribution in [2.45, 2.75) is 19.5 Å². The Morgan fingerprint density at radius 1 is 1.26 bits per heavy atom. The first-order valence-corrected chi connectivity index (χ1v) is 7.79. The van der Waals surface area contributed by atoms with Crippen molar-refractivity contribution in [1.82, 2.24) is 10.2 Å². The van der Waals surface area contributed by atoms with E-state index >= 15 is 0 Å². The topological polar surface area (TPSA) is 50.8 Å². The van der Waals surface area contributed by atoms with Crippen molar-refractivity contribution in [3.63, 3.8) is 0 Å². The lowest BCUT2D eigenvalue weighted by Crippen LogP contribution is -2.37. The second-order valence-corrected chi connectivity index (χ2v) is 5.29. The Hall–Kier alpha value is -1.73. The molecule has 23 heavy (non-hydrogen) atoms. The molecule has 1 N–H and O–H groups in total. The van der Waals surface area contributed by atoms with Crippen LogP contribution in [0.25, 0.3) is 0 Å². The van der Waals surface area contributed by atoms with Crippen molar-refractivity contribution >= 4 is 5.91 Å². The summed E-state index contributed by atoms with van der Waals surface area (Å²) in [7, 11) is 0. The van der Waals surface area contributed by atoms with Crippen LogP contribution in [0.4, 0.5) is 8.78 Å². The summed E-state index contributed by atoms with van der Waals surface area (Å²) in [6, 6.07) is 6.00. The fraction of sp³-hybridized carbons (Fsp3) is 0.562. The second-order valence-electron chi connectivity index (χ2n) is 5.29. The van der Waals surface area contributed by atoms with Crippen LogP contribution in [-0.4, -0.2) is 56.8 Å². The molecule has 1 fully saturated rings. The Labute approximate surface area is 134 Å². The maximum atomic E-state index is 12.3. The molecule has 7 heteroatoms. The predicted octanol–water partition coefficient (Wildman–Crippen LogP) is 2.13. The lowest BCUT2D eigenvalue weighted by atomic mass is 10.2. The molecule has 128 valence electrons. The molecule has 0 unspecified atom stereocenters. The van der Waals surface area contributed by atoms with Gasteiger partial charge in [-0.15, -0.1) is 0 Å². The van der Waals surface area contributed by atoms with Crippen molar-refractivity contribution < 1.29 is 23.0 Å². The number of alkyl halides is 2. The van der Waals surface area contributed by atoms with Crippen molar-refractivity contribution in [3.05, 3.63) is 29.8 Å². The SMILES string of the molecule is O=C(NCCCCN1CCOCC1)c1ccccc1OC(F)F. The van der Waals surface area contributed by atoms with Gasteiger partial charge in [-0.05, 0) is 31.5 Å². The molecule has 1 aromatic rings. The molecule has 0 saturated carbocycles. The number of morpholine rings is 1. The van der Waals surface area contributed by atoms with Crippen LogP contribution < -0.4 is 10.1 Å². The number of ether oxygens (including phenoxy) is 2. The highest BCUT2D eigenvalue weighted by molar-refractivity contribution is 5.96. The Kier molecular flexibility index (Phi) is 7.22. The van der Waals surface area contributed by atoms with E-state index in [9.17, 15) is 13.6 Å². The third-order valence-corrected chi connectivity index (χ3v) is 3.64. The number of amides is 1. The number of unbranched alkanes of at least 4 members (excludes halogenated alkanes) is 1. The molecular weight excluding hydrogens is 306 g/mol. The molecule has 1 amide bonds. The van der Waals surface area contributed by atoms with Gasteiger partial charge >= 0.3 is 6.61 Å². The first-order valence-electron chi connectivity index (χ1n) is 7.79. The summed E-state index contributed by atoms with van der Waals surface area (Å²) in [5.41, 5.74) is 0.126. The van der Waals surface area contributed by atoms with E-state index in [2.05, 4.69) is 15.0 Å². The maximum absolute atomic E-state index is 12.3. The van der Waals surface area contributed by atoms with Gasteiger partial charge in [0.05, 0.1) is 18.8 Å². The van der Waals surface area contributed by atoms with Crippen LogP contribution in [0.5, 0.6) is 5.75 Å². The molecule has 0 aromatic heterocycles. The molecule has 0 atom stereocenters. The Morgan fingerprint density at radius 2 is 2.00 bits per heavy atom. The lowest BCUT2D eigenvalue weighted by molar-refractivity contribution is -0.0501. The monoisotopic (exact) mass is 328 g/mol. The van der Waals surface area contributed by atoms with E-state index in [1.165, 1.54) is 12.1 Å².